The molecule has 0 aliphatic carbocycles. The van der Waals surface area contributed by atoms with Crippen molar-refractivity contribution in [3.05, 3.63) is 71.3 Å². The molecule has 1 amide bonds. The number of aromatic nitrogens is 3. The van der Waals surface area contributed by atoms with Crippen LogP contribution in [0.1, 0.15) is 35.7 Å². The molecule has 1 fully saturated rings. The van der Waals surface area contributed by atoms with Gasteiger partial charge < -0.3 is 15.4 Å². The van der Waals surface area contributed by atoms with Gasteiger partial charge in [-0.3, -0.25) is 14.8 Å². The number of anilines is 3. The van der Waals surface area contributed by atoms with E-state index in [0.29, 0.717) is 12.2 Å². The molecule has 3 N–H and O–H groups in total. The fourth-order valence-corrected chi connectivity index (χ4v) is 4.56. The molecule has 1 aliphatic rings. The van der Waals surface area contributed by atoms with E-state index in [-0.39, 0.29) is 42.4 Å². The van der Waals surface area contributed by atoms with Crippen LogP contribution in [0.4, 0.5) is 30.4 Å². The largest absolute Gasteiger partial charge is 0.489 e. The number of nitrogens with one attached hydrogen (secondary N) is 3. The van der Waals surface area contributed by atoms with E-state index in [0.717, 1.165) is 36.8 Å². The summed E-state index contributed by atoms with van der Waals surface area (Å²) >= 11 is 0. The monoisotopic (exact) mass is 560 g/mol. The van der Waals surface area contributed by atoms with Gasteiger partial charge in [0.1, 0.15) is 18.1 Å². The number of carbonyl (C=O) groups is 1. The molecule has 2 aromatic carbocycles. The van der Waals surface area contributed by atoms with Crippen molar-refractivity contribution in [2.24, 2.45) is 0 Å². The smallest absolute Gasteiger partial charge is 0.259 e. The minimum atomic E-state index is -1.48. The van der Waals surface area contributed by atoms with Crippen molar-refractivity contribution in [2.75, 3.05) is 36.9 Å². The summed E-state index contributed by atoms with van der Waals surface area (Å²) in [7, 11) is 0. The maximum absolute atomic E-state index is 15.5. The Morgan fingerprint density at radius 1 is 1.13 bits per heavy atom. The molecule has 12 heteroatoms. The van der Waals surface area contributed by atoms with Crippen LogP contribution >= 0.6 is 12.4 Å². The molecule has 1 aliphatic heterocycles. The number of rotatable bonds is 9. The van der Waals surface area contributed by atoms with Gasteiger partial charge >= 0.3 is 0 Å². The number of pyridine rings is 1. The minimum absolute atomic E-state index is 0. The van der Waals surface area contributed by atoms with E-state index in [4.69, 9.17) is 4.74 Å². The molecule has 206 valence electrons. The first-order valence-electron chi connectivity index (χ1n) is 12.5. The third kappa shape index (κ3) is 5.94. The number of nitrogens with zero attached hydrogens (tertiary/aromatic N) is 3. The summed E-state index contributed by atoms with van der Waals surface area (Å²) in [6, 6.07) is 8.34. The number of hydrogen-bond donors (Lipinski definition) is 3. The molecule has 8 nitrogen and oxygen atoms in total. The van der Waals surface area contributed by atoms with Crippen molar-refractivity contribution >= 4 is 46.4 Å². The zero-order valence-corrected chi connectivity index (χ0v) is 22.0. The first-order valence-corrected chi connectivity index (χ1v) is 12.5. The molecule has 0 saturated carbocycles. The number of aromatic amines is 1. The molecular formula is C27H28ClF3N6O2. The number of likely N-dealkylation sites (tertiary alicyclic amines) is 1. The Kier molecular flexibility index (Phi) is 8.93. The van der Waals surface area contributed by atoms with Gasteiger partial charge in [0.15, 0.2) is 23.2 Å². The summed E-state index contributed by atoms with van der Waals surface area (Å²) in [5.41, 5.74) is 0.267. The summed E-state index contributed by atoms with van der Waals surface area (Å²) in [5, 5.41) is 13.0. The molecule has 0 bridgehead atoms. The maximum Gasteiger partial charge on any atom is 0.259 e. The molecule has 39 heavy (non-hydrogen) atoms. The molecule has 3 heterocycles. The number of hydrogen-bond acceptors (Lipinski definition) is 6. The Labute approximate surface area is 229 Å². The number of ether oxygens (including phenoxy) is 1. The average molecular weight is 561 g/mol. The van der Waals surface area contributed by atoms with Crippen molar-refractivity contribution in [1.82, 2.24) is 20.1 Å². The molecule has 0 spiro atoms. The Morgan fingerprint density at radius 2 is 1.92 bits per heavy atom. The van der Waals surface area contributed by atoms with E-state index >= 15 is 4.39 Å². The van der Waals surface area contributed by atoms with Crippen LogP contribution in [0.15, 0.2) is 42.7 Å². The molecule has 4 aromatic rings. The molecule has 0 radical (unpaired) electrons. The van der Waals surface area contributed by atoms with Crippen molar-refractivity contribution < 1.29 is 22.7 Å². The lowest BCUT2D eigenvalue weighted by Crippen LogP contribution is -2.25. The first kappa shape index (κ1) is 28.2. The Hall–Kier alpha value is -3.83. The highest BCUT2D eigenvalue weighted by Gasteiger charge is 2.28. The Bertz CT molecular complexity index is 1480. The van der Waals surface area contributed by atoms with Gasteiger partial charge in [0, 0.05) is 29.4 Å². The number of fused-ring (bicyclic) bond motifs is 1. The predicted molar refractivity (Wildman–Crippen MR) is 146 cm³/mol. The predicted octanol–water partition coefficient (Wildman–Crippen LogP) is 5.83. The van der Waals surface area contributed by atoms with Gasteiger partial charge in [-0.2, -0.15) is 5.10 Å². The van der Waals surface area contributed by atoms with E-state index in [1.54, 1.807) is 25.3 Å². The summed E-state index contributed by atoms with van der Waals surface area (Å²) in [6.45, 7) is 4.07. The Morgan fingerprint density at radius 3 is 2.69 bits per heavy atom. The van der Waals surface area contributed by atoms with Gasteiger partial charge in [-0.15, -0.1) is 12.4 Å². The first-order chi connectivity index (χ1) is 18.5. The van der Waals surface area contributed by atoms with E-state index in [1.165, 1.54) is 18.3 Å². The second-order valence-electron chi connectivity index (χ2n) is 9.03. The SMILES string of the molecule is CCc1c(F)c(F)c(NC(=O)c2cccnc2Nc2ccc3cn[nH]c3c2)c(F)c1OCCN1CCCC1.Cl. The highest BCUT2D eigenvalue weighted by atomic mass is 35.5. The lowest BCUT2D eigenvalue weighted by molar-refractivity contribution is 0.102. The van der Waals surface area contributed by atoms with Crippen LogP contribution < -0.4 is 15.4 Å². The normalized spacial score (nSPS) is 13.3. The number of H-pyrrole nitrogens is 1. The van der Waals surface area contributed by atoms with Crippen molar-refractivity contribution in [3.8, 4) is 5.75 Å². The highest BCUT2D eigenvalue weighted by molar-refractivity contribution is 6.08. The summed E-state index contributed by atoms with van der Waals surface area (Å²) in [6.07, 6.45) is 5.33. The molecule has 0 unspecified atom stereocenters. The summed E-state index contributed by atoms with van der Waals surface area (Å²) in [4.78, 5) is 19.5. The molecule has 1 saturated heterocycles. The van der Waals surface area contributed by atoms with E-state index in [2.05, 4.69) is 30.7 Å². The van der Waals surface area contributed by atoms with Crippen LogP contribution in [0.2, 0.25) is 0 Å². The summed E-state index contributed by atoms with van der Waals surface area (Å²) in [5.74, 6) is -5.00. The van der Waals surface area contributed by atoms with Crippen LogP contribution in [0.3, 0.4) is 0 Å². The number of amides is 1. The van der Waals surface area contributed by atoms with Gasteiger partial charge in [-0.25, -0.2) is 18.2 Å². The molecule has 5 rings (SSSR count). The maximum atomic E-state index is 15.5. The average Bonchev–Trinajstić information content (AvgIpc) is 3.62. The lowest BCUT2D eigenvalue weighted by atomic mass is 10.1. The number of carbonyl (C=O) groups excluding carboxylic acids is 1. The molecule has 0 atom stereocenters. The van der Waals surface area contributed by atoms with Crippen molar-refractivity contribution in [1.29, 1.82) is 0 Å². The van der Waals surface area contributed by atoms with E-state index < -0.39 is 34.8 Å². The summed E-state index contributed by atoms with van der Waals surface area (Å²) < 4.78 is 51.0. The van der Waals surface area contributed by atoms with Crippen LogP contribution in [0.25, 0.3) is 10.9 Å². The van der Waals surface area contributed by atoms with E-state index in [1.807, 2.05) is 6.07 Å². The fourth-order valence-electron chi connectivity index (χ4n) is 4.56. The van der Waals surface area contributed by atoms with Crippen LogP contribution in [-0.4, -0.2) is 52.2 Å². The number of benzene rings is 2. The van der Waals surface area contributed by atoms with Gasteiger partial charge in [0.05, 0.1) is 17.3 Å². The molecule has 2 aromatic heterocycles. The lowest BCUT2D eigenvalue weighted by Gasteiger charge is -2.19. The van der Waals surface area contributed by atoms with Gasteiger partial charge in [0.25, 0.3) is 5.91 Å². The van der Waals surface area contributed by atoms with Crippen molar-refractivity contribution in [2.45, 2.75) is 26.2 Å². The van der Waals surface area contributed by atoms with Gasteiger partial charge in [-0.1, -0.05) is 6.92 Å². The zero-order valence-electron chi connectivity index (χ0n) is 21.2. The fraction of sp³-hybridized carbons (Fsp3) is 0.296. The van der Waals surface area contributed by atoms with Gasteiger partial charge in [-0.05, 0) is 62.7 Å². The second kappa shape index (κ2) is 12.4. The third-order valence-electron chi connectivity index (χ3n) is 6.57. The van der Waals surface area contributed by atoms with E-state index in [9.17, 15) is 13.6 Å². The minimum Gasteiger partial charge on any atom is -0.489 e. The quantitative estimate of drug-likeness (QED) is 0.223. The topological polar surface area (TPSA) is 95.2 Å². The van der Waals surface area contributed by atoms with Crippen LogP contribution in [0, 0.1) is 17.5 Å². The third-order valence-corrected chi connectivity index (χ3v) is 6.57. The van der Waals surface area contributed by atoms with Crippen molar-refractivity contribution in [3.63, 3.8) is 0 Å². The number of halogens is 4. The standard InChI is InChI=1S/C27H27F3N6O2.ClH/c1-2-18-21(28)22(29)24(23(30)25(18)38-13-12-36-10-3-4-11-36)34-27(37)19-6-5-9-31-26(19)33-17-8-7-16-15-32-35-20(16)14-17;/h5-9,14-15H,2-4,10-13H2,1H3,(H,31,33)(H,32,35)(H,34,37);1H. The highest BCUT2D eigenvalue weighted by Crippen LogP contribution is 2.36. The van der Waals surface area contributed by atoms with Gasteiger partial charge in [0.2, 0.25) is 0 Å². The van der Waals surface area contributed by atoms with Crippen LogP contribution in [0.5, 0.6) is 5.75 Å². The second-order valence-corrected chi connectivity index (χ2v) is 9.03. The zero-order chi connectivity index (χ0) is 26.6. The Balaban J connectivity index is 0.00000353. The van der Waals surface area contributed by atoms with Crippen LogP contribution in [-0.2, 0) is 6.42 Å². The molecular weight excluding hydrogens is 533 g/mol.